The van der Waals surface area contributed by atoms with Crippen LogP contribution >= 0.6 is 71.0 Å². The molecule has 1 aromatic heterocycles. The molecule has 4 aromatic rings. The maximum atomic E-state index is 13.6. The van der Waals surface area contributed by atoms with Crippen molar-refractivity contribution in [3.8, 4) is 5.75 Å². The quantitative estimate of drug-likeness (QED) is 0.185. The van der Waals surface area contributed by atoms with Crippen LogP contribution in [0.4, 0.5) is 0 Å². The molecule has 3 aromatic carbocycles. The van der Waals surface area contributed by atoms with E-state index in [1.807, 2.05) is 30.3 Å². The summed E-state index contributed by atoms with van der Waals surface area (Å²) in [6.45, 7) is 0.319. The largest absolute Gasteiger partial charge is 0.487 e. The first kappa shape index (κ1) is 27.8. The van der Waals surface area contributed by atoms with E-state index in [9.17, 15) is 4.79 Å². The zero-order valence-electron chi connectivity index (χ0n) is 20.1. The third-order valence-electron chi connectivity index (χ3n) is 6.51. The average molecular weight is 743 g/mol. The Morgan fingerprint density at radius 2 is 1.71 bits per heavy atom. The van der Waals surface area contributed by atoms with Gasteiger partial charge in [0, 0.05) is 10.4 Å². The number of benzene rings is 3. The van der Waals surface area contributed by atoms with Crippen molar-refractivity contribution in [2.75, 3.05) is 0 Å². The second-order valence-electron chi connectivity index (χ2n) is 9.18. The third kappa shape index (κ3) is 6.20. The molecule has 0 amide bonds. The summed E-state index contributed by atoms with van der Waals surface area (Å²) in [5, 5.41) is 6.16. The predicted octanol–water partition coefficient (Wildman–Crippen LogP) is 9.50. The summed E-state index contributed by atoms with van der Waals surface area (Å²) in [7, 11) is 0. The minimum absolute atomic E-state index is 0.173. The van der Waals surface area contributed by atoms with Crippen molar-refractivity contribution < 1.29 is 4.74 Å². The fraction of sp³-hybridized carbons (Fsp3) is 0.250. The molecule has 38 heavy (non-hydrogen) atoms. The highest BCUT2D eigenvalue weighted by molar-refractivity contribution is 9.11. The Morgan fingerprint density at radius 1 is 0.974 bits per heavy atom. The molecule has 0 bridgehead atoms. The van der Waals surface area contributed by atoms with E-state index in [1.54, 1.807) is 24.4 Å². The molecular weight excluding hydrogens is 721 g/mol. The lowest BCUT2D eigenvalue weighted by Gasteiger charge is -2.22. The summed E-state index contributed by atoms with van der Waals surface area (Å²) in [5.74, 6) is 1.57. The SMILES string of the molecule is O=c1c2cc(Br)ccc2nc(C2CCCCC2)n1N=Cc1cc(Br)c(OCc2ccc(Cl)c(Cl)c2)c(Br)c1. The molecule has 10 heteroatoms. The van der Waals surface area contributed by atoms with E-state index in [-0.39, 0.29) is 11.5 Å². The zero-order chi connectivity index (χ0) is 26.8. The van der Waals surface area contributed by atoms with Gasteiger partial charge < -0.3 is 4.74 Å². The Labute approximate surface area is 255 Å². The summed E-state index contributed by atoms with van der Waals surface area (Å²) in [5.41, 5.74) is 2.21. The zero-order valence-corrected chi connectivity index (χ0v) is 26.3. The van der Waals surface area contributed by atoms with Gasteiger partial charge in [-0.3, -0.25) is 4.79 Å². The van der Waals surface area contributed by atoms with E-state index in [1.165, 1.54) is 11.1 Å². The second-order valence-corrected chi connectivity index (χ2v) is 12.6. The molecule has 5 nitrogen and oxygen atoms in total. The smallest absolute Gasteiger partial charge is 0.282 e. The molecule has 1 saturated carbocycles. The highest BCUT2D eigenvalue weighted by atomic mass is 79.9. The molecule has 5 rings (SSSR count). The minimum Gasteiger partial charge on any atom is -0.487 e. The van der Waals surface area contributed by atoms with Gasteiger partial charge in [0.05, 0.1) is 36.1 Å². The van der Waals surface area contributed by atoms with Gasteiger partial charge in [0.1, 0.15) is 18.2 Å². The number of fused-ring (bicyclic) bond motifs is 1. The topological polar surface area (TPSA) is 56.5 Å². The molecule has 0 N–H and O–H groups in total. The minimum atomic E-state index is -0.173. The molecular formula is C28H22Br3Cl2N3O2. The Morgan fingerprint density at radius 3 is 2.42 bits per heavy atom. The summed E-state index contributed by atoms with van der Waals surface area (Å²) >= 11 is 22.8. The second kappa shape index (κ2) is 12.2. The summed E-state index contributed by atoms with van der Waals surface area (Å²) < 4.78 is 9.82. The van der Waals surface area contributed by atoms with E-state index in [0.29, 0.717) is 33.3 Å². The lowest BCUT2D eigenvalue weighted by molar-refractivity contribution is 0.302. The van der Waals surface area contributed by atoms with Crippen LogP contribution in [0.25, 0.3) is 10.9 Å². The number of rotatable bonds is 6. The monoisotopic (exact) mass is 739 g/mol. The van der Waals surface area contributed by atoms with Crippen LogP contribution in [0.5, 0.6) is 5.75 Å². The van der Waals surface area contributed by atoms with Crippen LogP contribution in [0.15, 0.2) is 71.8 Å². The first-order valence-electron chi connectivity index (χ1n) is 12.1. The van der Waals surface area contributed by atoms with Gasteiger partial charge in [0.25, 0.3) is 5.56 Å². The van der Waals surface area contributed by atoms with E-state index >= 15 is 0 Å². The fourth-order valence-electron chi connectivity index (χ4n) is 4.60. The van der Waals surface area contributed by atoms with Gasteiger partial charge in [0.15, 0.2) is 0 Å². The van der Waals surface area contributed by atoms with Crippen LogP contribution in [0.2, 0.25) is 10.0 Å². The van der Waals surface area contributed by atoms with Crippen LogP contribution < -0.4 is 10.3 Å². The molecule has 1 fully saturated rings. The summed E-state index contributed by atoms with van der Waals surface area (Å²) in [4.78, 5) is 18.4. The van der Waals surface area contributed by atoms with Gasteiger partial charge in [-0.1, -0.05) is 64.5 Å². The molecule has 1 aliphatic carbocycles. The fourth-order valence-corrected chi connectivity index (χ4v) is 6.74. The molecule has 1 heterocycles. The number of hydrogen-bond donors (Lipinski definition) is 0. The van der Waals surface area contributed by atoms with E-state index in [4.69, 9.17) is 32.9 Å². The maximum Gasteiger partial charge on any atom is 0.282 e. The van der Waals surface area contributed by atoms with Gasteiger partial charge >= 0.3 is 0 Å². The number of ether oxygens (including phenoxy) is 1. The van der Waals surface area contributed by atoms with Gasteiger partial charge in [-0.05, 0) is 98.3 Å². The first-order valence-corrected chi connectivity index (χ1v) is 15.3. The number of halogens is 5. The standard InChI is InChI=1S/C28H22Br3Cl2N3O2/c29-19-7-9-25-20(13-19)28(37)36(27(35-25)18-4-2-1-3-5-18)34-14-17-10-21(30)26(22(31)11-17)38-15-16-6-8-23(32)24(33)12-16/h6-14,18H,1-5,15H2. The van der Waals surface area contributed by atoms with Crippen molar-refractivity contribution in [2.24, 2.45) is 5.10 Å². The predicted molar refractivity (Wildman–Crippen MR) is 165 cm³/mol. The number of aromatic nitrogens is 2. The van der Waals surface area contributed by atoms with Crippen LogP contribution in [-0.2, 0) is 6.61 Å². The van der Waals surface area contributed by atoms with Crippen LogP contribution in [0.1, 0.15) is 55.0 Å². The van der Waals surface area contributed by atoms with Crippen molar-refractivity contribution in [2.45, 2.75) is 44.6 Å². The highest BCUT2D eigenvalue weighted by Gasteiger charge is 2.22. The highest BCUT2D eigenvalue weighted by Crippen LogP contribution is 2.36. The lowest BCUT2D eigenvalue weighted by Crippen LogP contribution is -2.25. The summed E-state index contributed by atoms with van der Waals surface area (Å²) in [6.07, 6.45) is 7.17. The number of hydrogen-bond acceptors (Lipinski definition) is 4. The Bertz CT molecular complexity index is 1580. The van der Waals surface area contributed by atoms with E-state index in [2.05, 4.69) is 52.9 Å². The van der Waals surface area contributed by atoms with Gasteiger partial charge in [0.2, 0.25) is 0 Å². The Hall–Kier alpha value is -1.71. The van der Waals surface area contributed by atoms with Crippen LogP contribution in [0, 0.1) is 0 Å². The van der Waals surface area contributed by atoms with Gasteiger partial charge in [-0.2, -0.15) is 9.78 Å². The number of nitrogens with zero attached hydrogens (tertiary/aromatic N) is 3. The van der Waals surface area contributed by atoms with Crippen molar-refractivity contribution >= 4 is 88.1 Å². The molecule has 0 spiro atoms. The Balaban J connectivity index is 1.46. The molecule has 0 saturated heterocycles. The van der Waals surface area contributed by atoms with Crippen LogP contribution in [0.3, 0.4) is 0 Å². The first-order chi connectivity index (χ1) is 18.3. The van der Waals surface area contributed by atoms with Crippen molar-refractivity contribution in [1.82, 2.24) is 9.66 Å². The molecule has 1 aliphatic rings. The van der Waals surface area contributed by atoms with Crippen molar-refractivity contribution in [3.63, 3.8) is 0 Å². The normalized spacial score (nSPS) is 14.4. The van der Waals surface area contributed by atoms with Gasteiger partial charge in [-0.15, -0.1) is 0 Å². The molecule has 0 radical (unpaired) electrons. The third-order valence-corrected chi connectivity index (χ3v) is 8.92. The summed E-state index contributed by atoms with van der Waals surface area (Å²) in [6, 6.07) is 14.8. The molecule has 0 atom stereocenters. The van der Waals surface area contributed by atoms with E-state index < -0.39 is 0 Å². The van der Waals surface area contributed by atoms with E-state index in [0.717, 1.165) is 56.1 Å². The molecule has 196 valence electrons. The molecule has 0 unspecified atom stereocenters. The lowest BCUT2D eigenvalue weighted by atomic mass is 9.88. The van der Waals surface area contributed by atoms with Crippen LogP contribution in [-0.4, -0.2) is 15.9 Å². The molecule has 0 aliphatic heterocycles. The van der Waals surface area contributed by atoms with Crippen molar-refractivity contribution in [3.05, 3.63) is 99.3 Å². The van der Waals surface area contributed by atoms with Gasteiger partial charge in [-0.25, -0.2) is 4.98 Å². The Kier molecular flexibility index (Phi) is 8.95. The average Bonchev–Trinajstić information content (AvgIpc) is 2.90. The van der Waals surface area contributed by atoms with Crippen molar-refractivity contribution in [1.29, 1.82) is 0 Å². The maximum absolute atomic E-state index is 13.6.